The molecule has 3 rings (SSSR count). The lowest BCUT2D eigenvalue weighted by molar-refractivity contribution is -0.251. The fourth-order valence-corrected chi connectivity index (χ4v) is 4.90. The Bertz CT molecular complexity index is 949. The van der Waals surface area contributed by atoms with Crippen LogP contribution in [0.1, 0.15) is 80.0 Å². The third kappa shape index (κ3) is 7.79. The molecule has 0 aliphatic heterocycles. The van der Waals surface area contributed by atoms with Crippen molar-refractivity contribution < 1.29 is 22.3 Å². The van der Waals surface area contributed by atoms with E-state index in [0.717, 1.165) is 74.6 Å². The fourth-order valence-electron chi connectivity index (χ4n) is 4.90. The van der Waals surface area contributed by atoms with Crippen LogP contribution in [0.15, 0.2) is 61.2 Å². The zero-order valence-corrected chi connectivity index (χ0v) is 20.5. The Morgan fingerprint density at radius 3 is 2.11 bits per heavy atom. The van der Waals surface area contributed by atoms with Gasteiger partial charge in [-0.05, 0) is 105 Å². The van der Waals surface area contributed by atoms with Crippen LogP contribution in [-0.4, -0.2) is 6.61 Å². The van der Waals surface area contributed by atoms with E-state index >= 15 is 0 Å². The summed E-state index contributed by atoms with van der Waals surface area (Å²) in [5.41, 5.74) is 1.11. The average Bonchev–Trinajstić information content (AvgIpc) is 2.83. The minimum atomic E-state index is -4.04. The normalized spacial score (nSPS) is 18.8. The molecular formula is C30H36F4O. The van der Waals surface area contributed by atoms with Crippen molar-refractivity contribution in [2.75, 3.05) is 6.61 Å². The van der Waals surface area contributed by atoms with Crippen LogP contribution in [0, 0.1) is 17.6 Å². The average molecular weight is 489 g/mol. The molecule has 0 atom stereocenters. The highest BCUT2D eigenvalue weighted by molar-refractivity contribution is 5.31. The minimum absolute atomic E-state index is 0.00462. The van der Waals surface area contributed by atoms with E-state index in [-0.39, 0.29) is 18.9 Å². The summed E-state index contributed by atoms with van der Waals surface area (Å²) in [5, 5.41) is 0. The van der Waals surface area contributed by atoms with Gasteiger partial charge in [-0.2, -0.15) is 8.78 Å². The molecule has 2 aromatic carbocycles. The van der Waals surface area contributed by atoms with Crippen molar-refractivity contribution in [3.05, 3.63) is 95.1 Å². The molecule has 2 aromatic rings. The minimum Gasteiger partial charge on any atom is -0.316 e. The molecule has 0 bridgehead atoms. The molecule has 0 spiro atoms. The van der Waals surface area contributed by atoms with Crippen LogP contribution < -0.4 is 0 Å². The molecule has 190 valence electrons. The molecule has 0 amide bonds. The summed E-state index contributed by atoms with van der Waals surface area (Å²) in [5.74, 6) is -1.88. The molecule has 0 unspecified atom stereocenters. The summed E-state index contributed by atoms with van der Waals surface area (Å²) in [7, 11) is 0. The van der Waals surface area contributed by atoms with Gasteiger partial charge in [0.1, 0.15) is 17.2 Å². The molecule has 0 radical (unpaired) electrons. The van der Waals surface area contributed by atoms with Crippen molar-refractivity contribution in [2.45, 2.75) is 76.7 Å². The van der Waals surface area contributed by atoms with E-state index in [1.54, 1.807) is 0 Å². The Morgan fingerprint density at radius 1 is 0.943 bits per heavy atom. The van der Waals surface area contributed by atoms with E-state index in [1.165, 1.54) is 0 Å². The molecule has 1 nitrogen and oxygen atoms in total. The van der Waals surface area contributed by atoms with Crippen LogP contribution in [-0.2, 0) is 23.7 Å². The molecular weight excluding hydrogens is 452 g/mol. The molecule has 1 saturated carbocycles. The summed E-state index contributed by atoms with van der Waals surface area (Å²) in [6.07, 6.45) is 9.71. The van der Waals surface area contributed by atoms with Gasteiger partial charge in [-0.25, -0.2) is 8.78 Å². The van der Waals surface area contributed by atoms with Gasteiger partial charge >= 0.3 is 6.11 Å². The summed E-state index contributed by atoms with van der Waals surface area (Å²) in [6, 6.07) is 9.72. The molecule has 35 heavy (non-hydrogen) atoms. The van der Waals surface area contributed by atoms with Crippen LogP contribution in [0.25, 0.3) is 0 Å². The number of aryl methyl sites for hydroxylation is 1. The quantitative estimate of drug-likeness (QED) is 0.214. The number of hydrogen-bond acceptors (Lipinski definition) is 1. The van der Waals surface area contributed by atoms with E-state index in [4.69, 9.17) is 4.74 Å². The molecule has 0 N–H and O–H groups in total. The second-order valence-corrected chi connectivity index (χ2v) is 9.48. The van der Waals surface area contributed by atoms with Gasteiger partial charge in [-0.15, -0.1) is 6.58 Å². The lowest BCUT2D eigenvalue weighted by Crippen LogP contribution is -2.24. The monoisotopic (exact) mass is 488 g/mol. The standard InChI is InChI=1S/C30H36F4O/c1-3-5-7-9-23-14-16-25(17-15-23)26-20-27(31)29(28(32)21-26)30(33,34)35-19-18-24-12-10-22(11-13-24)8-6-4-2/h3-5,10-13,20-21,23,25H,2,6-9,14-19H2,1H3/b5-3+. The maximum Gasteiger partial charge on any atom is 0.389 e. The summed E-state index contributed by atoms with van der Waals surface area (Å²) in [4.78, 5) is 0. The molecule has 1 aliphatic carbocycles. The Kier molecular flexibility index (Phi) is 10.1. The van der Waals surface area contributed by atoms with Gasteiger partial charge in [0.2, 0.25) is 0 Å². The highest BCUT2D eigenvalue weighted by Gasteiger charge is 2.40. The van der Waals surface area contributed by atoms with Gasteiger partial charge in [-0.3, -0.25) is 0 Å². The van der Waals surface area contributed by atoms with Crippen molar-refractivity contribution >= 4 is 0 Å². The summed E-state index contributed by atoms with van der Waals surface area (Å²) in [6.45, 7) is 5.35. The smallest absolute Gasteiger partial charge is 0.316 e. The van der Waals surface area contributed by atoms with Crippen LogP contribution in [0.2, 0.25) is 0 Å². The molecule has 0 aromatic heterocycles. The first kappa shape index (κ1) is 27.2. The summed E-state index contributed by atoms with van der Waals surface area (Å²) < 4.78 is 63.4. The van der Waals surface area contributed by atoms with E-state index in [9.17, 15) is 17.6 Å². The number of halogens is 4. The van der Waals surface area contributed by atoms with Crippen molar-refractivity contribution in [1.82, 2.24) is 0 Å². The maximum absolute atomic E-state index is 14.7. The fraction of sp³-hybridized carbons (Fsp3) is 0.467. The second kappa shape index (κ2) is 13.1. The van der Waals surface area contributed by atoms with Gasteiger partial charge in [0, 0.05) is 0 Å². The Morgan fingerprint density at radius 2 is 1.54 bits per heavy atom. The number of hydrogen-bond donors (Lipinski definition) is 0. The van der Waals surface area contributed by atoms with E-state index in [0.29, 0.717) is 11.5 Å². The Labute approximate surface area is 206 Å². The lowest BCUT2D eigenvalue weighted by Gasteiger charge is -2.29. The van der Waals surface area contributed by atoms with Crippen molar-refractivity contribution in [1.29, 1.82) is 0 Å². The maximum atomic E-state index is 14.7. The number of benzene rings is 2. The first-order valence-electron chi connectivity index (χ1n) is 12.6. The van der Waals surface area contributed by atoms with Crippen LogP contribution in [0.3, 0.4) is 0 Å². The highest BCUT2D eigenvalue weighted by atomic mass is 19.3. The zero-order valence-electron chi connectivity index (χ0n) is 20.5. The highest BCUT2D eigenvalue weighted by Crippen LogP contribution is 2.40. The van der Waals surface area contributed by atoms with Crippen molar-refractivity contribution in [2.24, 2.45) is 5.92 Å². The third-order valence-electron chi connectivity index (χ3n) is 6.99. The predicted molar refractivity (Wildman–Crippen MR) is 134 cm³/mol. The second-order valence-electron chi connectivity index (χ2n) is 9.48. The zero-order chi connectivity index (χ0) is 25.3. The van der Waals surface area contributed by atoms with Crippen molar-refractivity contribution in [3.8, 4) is 0 Å². The predicted octanol–water partition coefficient (Wildman–Crippen LogP) is 9.02. The van der Waals surface area contributed by atoms with E-state index < -0.39 is 23.3 Å². The Hall–Kier alpha value is -2.40. The molecule has 0 heterocycles. The summed E-state index contributed by atoms with van der Waals surface area (Å²) >= 11 is 0. The number of ether oxygens (including phenoxy) is 1. The van der Waals surface area contributed by atoms with Crippen LogP contribution in [0.4, 0.5) is 17.6 Å². The number of alkyl halides is 2. The first-order valence-corrected chi connectivity index (χ1v) is 12.6. The van der Waals surface area contributed by atoms with Gasteiger partial charge < -0.3 is 4.74 Å². The molecule has 1 fully saturated rings. The van der Waals surface area contributed by atoms with E-state index in [2.05, 4.69) is 12.7 Å². The number of allylic oxidation sites excluding steroid dienone is 3. The third-order valence-corrected chi connectivity index (χ3v) is 6.99. The van der Waals surface area contributed by atoms with Gasteiger partial charge in [0.25, 0.3) is 0 Å². The van der Waals surface area contributed by atoms with Crippen LogP contribution >= 0.6 is 0 Å². The van der Waals surface area contributed by atoms with E-state index in [1.807, 2.05) is 43.3 Å². The van der Waals surface area contributed by atoms with Crippen LogP contribution in [0.5, 0.6) is 0 Å². The lowest BCUT2D eigenvalue weighted by atomic mass is 9.77. The SMILES string of the molecule is C=CCCc1ccc(CCOC(F)(F)c2c(F)cc(C3CCC(CC/C=C/C)CC3)cc2F)cc1. The van der Waals surface area contributed by atoms with Gasteiger partial charge in [0.15, 0.2) is 0 Å². The first-order chi connectivity index (χ1) is 16.8. The molecule has 0 saturated heterocycles. The van der Waals surface area contributed by atoms with Crippen molar-refractivity contribution in [3.63, 3.8) is 0 Å². The van der Waals surface area contributed by atoms with Gasteiger partial charge in [-0.1, -0.05) is 42.5 Å². The topological polar surface area (TPSA) is 9.23 Å². The Balaban J connectivity index is 1.57. The largest absolute Gasteiger partial charge is 0.389 e. The molecule has 1 aliphatic rings. The number of rotatable bonds is 12. The van der Waals surface area contributed by atoms with Gasteiger partial charge in [0.05, 0.1) is 6.61 Å². The molecule has 5 heteroatoms.